The van der Waals surface area contributed by atoms with Crippen molar-refractivity contribution in [1.82, 2.24) is 9.55 Å². The summed E-state index contributed by atoms with van der Waals surface area (Å²) in [5, 5.41) is 2.60. The van der Waals surface area contributed by atoms with Gasteiger partial charge >= 0.3 is 0 Å². The van der Waals surface area contributed by atoms with Gasteiger partial charge in [0.05, 0.1) is 17.6 Å². The molecular formula is C25H23F2N3O2. The summed E-state index contributed by atoms with van der Waals surface area (Å²) in [6.07, 6.45) is 3.67. The second-order valence-corrected chi connectivity index (χ2v) is 7.59. The minimum Gasteiger partial charge on any atom is -0.439 e. The molecule has 0 spiro atoms. The number of carbonyl (C=O) groups excluding carboxylic acids is 1. The Morgan fingerprint density at radius 2 is 1.84 bits per heavy atom. The van der Waals surface area contributed by atoms with Crippen LogP contribution in [0.4, 0.5) is 14.7 Å². The Hall–Kier alpha value is -3.74. The van der Waals surface area contributed by atoms with Crippen LogP contribution < -0.4 is 5.32 Å². The quantitative estimate of drug-likeness (QED) is 0.351. The molecule has 0 bridgehead atoms. The molecule has 0 saturated carbocycles. The highest BCUT2D eigenvalue weighted by Gasteiger charge is 2.22. The number of furan rings is 1. The van der Waals surface area contributed by atoms with Gasteiger partial charge in [-0.25, -0.2) is 13.8 Å². The van der Waals surface area contributed by atoms with Crippen LogP contribution in [0.5, 0.6) is 0 Å². The maximum Gasteiger partial charge on any atom is 0.260 e. The first-order chi connectivity index (χ1) is 15.5. The number of benzene rings is 2. The summed E-state index contributed by atoms with van der Waals surface area (Å²) >= 11 is 0. The lowest BCUT2D eigenvalue weighted by Gasteiger charge is -2.15. The van der Waals surface area contributed by atoms with Crippen molar-refractivity contribution in [3.63, 3.8) is 0 Å². The Balaban J connectivity index is 1.70. The third kappa shape index (κ3) is 4.32. The fourth-order valence-electron chi connectivity index (χ4n) is 3.67. The van der Waals surface area contributed by atoms with Crippen molar-refractivity contribution in [1.29, 1.82) is 0 Å². The number of nitrogens with zero attached hydrogens (tertiary/aromatic N) is 2. The Bertz CT molecular complexity index is 1230. The fraction of sp³-hybridized carbons (Fsp3) is 0.200. The summed E-state index contributed by atoms with van der Waals surface area (Å²) < 4.78 is 35.3. The Kier molecular flexibility index (Phi) is 6.16. The van der Waals surface area contributed by atoms with Crippen molar-refractivity contribution in [2.24, 2.45) is 0 Å². The van der Waals surface area contributed by atoms with Crippen LogP contribution in [0.1, 0.15) is 43.1 Å². The summed E-state index contributed by atoms with van der Waals surface area (Å²) in [4.78, 5) is 17.0. The third-order valence-electron chi connectivity index (χ3n) is 5.29. The zero-order chi connectivity index (χ0) is 22.7. The van der Waals surface area contributed by atoms with Crippen molar-refractivity contribution in [2.45, 2.75) is 32.7 Å². The van der Waals surface area contributed by atoms with E-state index in [2.05, 4.69) is 24.1 Å². The number of carbonyl (C=O) groups is 1. The van der Waals surface area contributed by atoms with E-state index in [1.165, 1.54) is 30.3 Å². The van der Waals surface area contributed by atoms with Crippen LogP contribution in [-0.4, -0.2) is 15.5 Å². The van der Waals surface area contributed by atoms with E-state index in [9.17, 15) is 13.6 Å². The molecule has 4 rings (SSSR count). The molecule has 1 amide bonds. The molecule has 164 valence electrons. The lowest BCUT2D eigenvalue weighted by atomic mass is 10.1. The van der Waals surface area contributed by atoms with Crippen molar-refractivity contribution < 1.29 is 18.0 Å². The molecular weight excluding hydrogens is 412 g/mol. The van der Waals surface area contributed by atoms with Gasteiger partial charge in [-0.1, -0.05) is 25.5 Å². The molecule has 4 aromatic rings. The van der Waals surface area contributed by atoms with E-state index >= 15 is 0 Å². The lowest BCUT2D eigenvalue weighted by molar-refractivity contribution is 0.102. The molecule has 2 heterocycles. The van der Waals surface area contributed by atoms with Gasteiger partial charge in [0.1, 0.15) is 17.3 Å². The van der Waals surface area contributed by atoms with Gasteiger partial charge in [0.15, 0.2) is 5.76 Å². The number of rotatable bonds is 7. The Labute approximate surface area is 184 Å². The van der Waals surface area contributed by atoms with Gasteiger partial charge in [-0.3, -0.25) is 10.1 Å². The molecule has 7 heteroatoms. The molecule has 0 radical (unpaired) electrons. The van der Waals surface area contributed by atoms with Crippen molar-refractivity contribution in [3.8, 4) is 22.7 Å². The smallest absolute Gasteiger partial charge is 0.260 e. The number of amides is 1. The van der Waals surface area contributed by atoms with Gasteiger partial charge < -0.3 is 8.98 Å². The Morgan fingerprint density at radius 1 is 1.09 bits per heavy atom. The minimum atomic E-state index is -0.609. The number of aromatic nitrogens is 2. The first kappa shape index (κ1) is 21.5. The number of hydrogen-bond acceptors (Lipinski definition) is 3. The number of anilines is 1. The van der Waals surface area contributed by atoms with Crippen molar-refractivity contribution in [3.05, 3.63) is 84.2 Å². The topological polar surface area (TPSA) is 60.1 Å². The van der Waals surface area contributed by atoms with Gasteiger partial charge in [-0.15, -0.1) is 0 Å². The summed E-state index contributed by atoms with van der Waals surface area (Å²) in [6, 6.07) is 15.3. The van der Waals surface area contributed by atoms with Crippen LogP contribution >= 0.6 is 0 Å². The average Bonchev–Trinajstić information content (AvgIpc) is 3.41. The van der Waals surface area contributed by atoms with E-state index in [1.54, 1.807) is 36.7 Å². The van der Waals surface area contributed by atoms with Crippen LogP contribution in [0, 0.1) is 11.6 Å². The van der Waals surface area contributed by atoms with Gasteiger partial charge in [0.25, 0.3) is 5.91 Å². The predicted octanol–water partition coefficient (Wildman–Crippen LogP) is 6.70. The summed E-state index contributed by atoms with van der Waals surface area (Å²) in [6.45, 7) is 4.20. The molecule has 0 saturated heterocycles. The van der Waals surface area contributed by atoms with Gasteiger partial charge in [-0.05, 0) is 55.8 Å². The van der Waals surface area contributed by atoms with E-state index in [-0.39, 0.29) is 23.3 Å². The molecule has 0 aliphatic heterocycles. The summed E-state index contributed by atoms with van der Waals surface area (Å²) in [5.41, 5.74) is 2.05. The van der Waals surface area contributed by atoms with Crippen molar-refractivity contribution >= 4 is 11.8 Å². The number of nitrogens with one attached hydrogen (secondary N) is 1. The van der Waals surface area contributed by atoms with E-state index in [4.69, 9.17) is 4.42 Å². The van der Waals surface area contributed by atoms with E-state index in [1.807, 2.05) is 4.57 Å². The second kappa shape index (κ2) is 9.18. The molecule has 1 N–H and O–H groups in total. The molecule has 0 aliphatic rings. The number of hydrogen-bond donors (Lipinski definition) is 1. The maximum atomic E-state index is 13.9. The fourth-order valence-corrected chi connectivity index (χ4v) is 3.67. The van der Waals surface area contributed by atoms with Gasteiger partial charge in [0.2, 0.25) is 5.88 Å². The zero-order valence-corrected chi connectivity index (χ0v) is 17.8. The highest BCUT2D eigenvalue weighted by atomic mass is 19.1. The highest BCUT2D eigenvalue weighted by Crippen LogP contribution is 2.36. The molecule has 32 heavy (non-hydrogen) atoms. The van der Waals surface area contributed by atoms with Gasteiger partial charge in [-0.2, -0.15) is 0 Å². The monoisotopic (exact) mass is 435 g/mol. The Morgan fingerprint density at radius 3 is 2.56 bits per heavy atom. The number of imidazole rings is 1. The largest absolute Gasteiger partial charge is 0.439 e. The maximum absolute atomic E-state index is 13.9. The SMILES string of the molecule is CCCC(C)n1cnc(-c2ccc(F)cc2)c1-c1ccc(NC(=O)c2ccccc2F)o1. The average molecular weight is 435 g/mol. The van der Waals surface area contributed by atoms with E-state index < -0.39 is 11.7 Å². The number of halogens is 2. The first-order valence-electron chi connectivity index (χ1n) is 10.5. The standard InChI is InChI=1S/C25H23F2N3O2/c1-3-6-16(2)30-15-28-23(17-9-11-18(26)12-10-17)24(30)21-13-14-22(32-21)29-25(31)19-7-4-5-8-20(19)27/h4-5,7-16H,3,6H2,1-2H3,(H,29,31). The van der Waals surface area contributed by atoms with Crippen molar-refractivity contribution in [2.75, 3.05) is 5.32 Å². The van der Waals surface area contributed by atoms with Crippen LogP contribution in [0.3, 0.4) is 0 Å². The molecule has 2 aromatic carbocycles. The lowest BCUT2D eigenvalue weighted by Crippen LogP contribution is -2.13. The van der Waals surface area contributed by atoms with Crippen LogP contribution in [0.2, 0.25) is 0 Å². The second-order valence-electron chi connectivity index (χ2n) is 7.59. The molecule has 0 fully saturated rings. The molecule has 5 nitrogen and oxygen atoms in total. The van der Waals surface area contributed by atoms with E-state index in [0.717, 1.165) is 24.1 Å². The predicted molar refractivity (Wildman–Crippen MR) is 119 cm³/mol. The van der Waals surface area contributed by atoms with Crippen LogP contribution in [-0.2, 0) is 0 Å². The first-order valence-corrected chi connectivity index (χ1v) is 10.5. The molecule has 2 aromatic heterocycles. The van der Waals surface area contributed by atoms with Crippen LogP contribution in [0.15, 0.2) is 71.4 Å². The van der Waals surface area contributed by atoms with Gasteiger partial charge in [0, 0.05) is 17.7 Å². The van der Waals surface area contributed by atoms with Crippen LogP contribution in [0.25, 0.3) is 22.7 Å². The molecule has 1 atom stereocenters. The third-order valence-corrected chi connectivity index (χ3v) is 5.29. The summed E-state index contributed by atoms with van der Waals surface area (Å²) in [7, 11) is 0. The molecule has 0 aliphatic carbocycles. The van der Waals surface area contributed by atoms with E-state index in [0.29, 0.717) is 11.5 Å². The summed E-state index contributed by atoms with van der Waals surface area (Å²) in [5.74, 6) is -0.856. The zero-order valence-electron chi connectivity index (χ0n) is 17.8. The molecule has 1 unspecified atom stereocenters. The highest BCUT2D eigenvalue weighted by molar-refractivity contribution is 6.03. The normalized spacial score (nSPS) is 12.0. The minimum absolute atomic E-state index is 0.0703.